The van der Waals surface area contributed by atoms with Crippen LogP contribution in [0.4, 0.5) is 15.8 Å². The Balaban J connectivity index is 1.97. The number of rotatable bonds is 11. The van der Waals surface area contributed by atoms with Crippen molar-refractivity contribution in [3.63, 3.8) is 0 Å². The highest BCUT2D eigenvalue weighted by Crippen LogP contribution is 2.43. The number of hydrogen-bond donors (Lipinski definition) is 2. The average Bonchev–Trinajstić information content (AvgIpc) is 3.70. The smallest absolute Gasteiger partial charge is 0.298 e. The second-order valence-electron chi connectivity index (χ2n) is 9.63. The number of carbonyl (C=O) groups is 1. The third-order valence-corrected chi connectivity index (χ3v) is 6.51. The lowest BCUT2D eigenvalue weighted by Gasteiger charge is -2.23. The summed E-state index contributed by atoms with van der Waals surface area (Å²) in [4.78, 5) is 36.3. The van der Waals surface area contributed by atoms with E-state index in [4.69, 9.17) is 4.74 Å². The molecule has 1 aromatic heterocycles. The zero-order valence-electron chi connectivity index (χ0n) is 21.9. The number of ether oxygens (including phenoxy) is 1. The highest BCUT2D eigenvalue weighted by atomic mass is 19.1. The van der Waals surface area contributed by atoms with Gasteiger partial charge in [0.2, 0.25) is 0 Å². The third-order valence-electron chi connectivity index (χ3n) is 6.51. The molecule has 1 heterocycles. The Labute approximate surface area is 220 Å². The van der Waals surface area contributed by atoms with E-state index in [1.165, 1.54) is 6.07 Å². The molecule has 9 heteroatoms. The van der Waals surface area contributed by atoms with Gasteiger partial charge in [0.15, 0.2) is 5.75 Å². The minimum absolute atomic E-state index is 0.0276. The maximum absolute atomic E-state index is 14.8. The van der Waals surface area contributed by atoms with Gasteiger partial charge in [0, 0.05) is 29.5 Å². The predicted octanol–water partition coefficient (Wildman–Crippen LogP) is 6.18. The predicted molar refractivity (Wildman–Crippen MR) is 148 cm³/mol. The summed E-state index contributed by atoms with van der Waals surface area (Å²) >= 11 is 0. The first-order chi connectivity index (χ1) is 18.3. The van der Waals surface area contributed by atoms with E-state index in [-0.39, 0.29) is 35.1 Å². The lowest BCUT2D eigenvalue weighted by molar-refractivity contribution is -0.120. The molecule has 1 saturated carbocycles. The lowest BCUT2D eigenvalue weighted by Crippen LogP contribution is -2.28. The average molecular weight is 519 g/mol. The van der Waals surface area contributed by atoms with E-state index >= 15 is 0 Å². The fourth-order valence-electron chi connectivity index (χ4n) is 4.60. The Morgan fingerprint density at radius 3 is 2.58 bits per heavy atom. The van der Waals surface area contributed by atoms with Gasteiger partial charge in [0.05, 0.1) is 17.9 Å². The van der Waals surface area contributed by atoms with Gasteiger partial charge in [-0.25, -0.2) is 4.39 Å². The number of aromatic nitrogens is 1. The van der Waals surface area contributed by atoms with Crippen molar-refractivity contribution in [3.05, 3.63) is 85.9 Å². The number of aryl methyl sites for hydroxylation is 1. The first-order valence-electron chi connectivity index (χ1n) is 12.5. The molecule has 198 valence electrons. The Hall–Kier alpha value is -4.27. The van der Waals surface area contributed by atoms with Crippen molar-refractivity contribution in [1.29, 1.82) is 0 Å². The van der Waals surface area contributed by atoms with Crippen molar-refractivity contribution >= 4 is 23.5 Å². The quantitative estimate of drug-likeness (QED) is 0.178. The Kier molecular flexibility index (Phi) is 8.05. The van der Waals surface area contributed by atoms with E-state index in [0.29, 0.717) is 41.1 Å². The zero-order valence-corrected chi connectivity index (χ0v) is 21.9. The molecule has 0 spiro atoms. The van der Waals surface area contributed by atoms with Crippen molar-refractivity contribution in [3.8, 4) is 16.9 Å². The molecule has 0 saturated heterocycles. The minimum Gasteiger partial charge on any atom is -0.427 e. The van der Waals surface area contributed by atoms with Crippen LogP contribution < -0.4 is 20.9 Å². The molecule has 3 aromatic rings. The van der Waals surface area contributed by atoms with Crippen molar-refractivity contribution in [2.75, 3.05) is 23.7 Å². The van der Waals surface area contributed by atoms with Crippen LogP contribution in [-0.2, 0) is 4.79 Å². The number of benzene rings is 2. The number of halogens is 1. The highest BCUT2D eigenvalue weighted by molar-refractivity contribution is 5.88. The van der Waals surface area contributed by atoms with Crippen molar-refractivity contribution in [1.82, 2.24) is 4.57 Å². The number of allylic oxidation sites excluding steroid dienone is 1. The molecule has 0 aliphatic heterocycles. The number of pyridine rings is 1. The van der Waals surface area contributed by atoms with Crippen LogP contribution in [0.2, 0.25) is 0 Å². The van der Waals surface area contributed by atoms with Gasteiger partial charge < -0.3 is 19.9 Å². The summed E-state index contributed by atoms with van der Waals surface area (Å²) in [6, 6.07) is 12.3. The molecule has 1 aliphatic carbocycles. The van der Waals surface area contributed by atoms with Crippen molar-refractivity contribution < 1.29 is 13.9 Å². The van der Waals surface area contributed by atoms with E-state index in [9.17, 15) is 18.9 Å². The van der Waals surface area contributed by atoms with E-state index in [1.54, 1.807) is 23.6 Å². The van der Waals surface area contributed by atoms with Crippen LogP contribution in [0.15, 0.2) is 58.0 Å². The second kappa shape index (κ2) is 11.4. The molecule has 2 aromatic carbocycles. The normalized spacial score (nSPS) is 12.6. The summed E-state index contributed by atoms with van der Waals surface area (Å²) in [5, 5.41) is 9.13. The van der Waals surface area contributed by atoms with Gasteiger partial charge in [-0.05, 0) is 75.9 Å². The van der Waals surface area contributed by atoms with Crippen LogP contribution in [0.1, 0.15) is 49.6 Å². The molecule has 0 unspecified atom stereocenters. The number of carbonyl (C=O) groups excluding carboxylic acids is 1. The van der Waals surface area contributed by atoms with Gasteiger partial charge in [-0.2, -0.15) is 4.91 Å². The molecule has 1 aliphatic rings. The molecule has 4 rings (SSSR count). The number of nitrogens with one attached hydrogen (secondary N) is 2. The number of nitroso groups, excluding NO2 is 1. The third kappa shape index (κ3) is 5.51. The topological polar surface area (TPSA) is 102 Å². The number of nitrogens with zero attached hydrogens (tertiary/aromatic N) is 2. The maximum Gasteiger partial charge on any atom is 0.298 e. The molecule has 0 bridgehead atoms. The summed E-state index contributed by atoms with van der Waals surface area (Å²) in [7, 11) is 0. The minimum atomic E-state index is -0.458. The SMILES string of the molecule is CC(C)=C(Nc1ccc(C)cc1F)c1c(OC=O)c(-c2cccc(NCCN=O)c2)c(C)n(C2CC2)c1=O. The Morgan fingerprint density at radius 1 is 1.18 bits per heavy atom. The van der Waals surface area contributed by atoms with Gasteiger partial charge in [0.25, 0.3) is 12.0 Å². The summed E-state index contributed by atoms with van der Waals surface area (Å²) in [6.07, 6.45) is 1.72. The number of anilines is 2. The summed E-state index contributed by atoms with van der Waals surface area (Å²) in [5.41, 5.74) is 4.62. The molecule has 0 amide bonds. The van der Waals surface area contributed by atoms with Crippen LogP contribution in [0.3, 0.4) is 0 Å². The van der Waals surface area contributed by atoms with Crippen LogP contribution in [0, 0.1) is 24.6 Å². The molecular formula is C29H31FN4O4. The first-order valence-corrected chi connectivity index (χ1v) is 12.5. The van der Waals surface area contributed by atoms with E-state index < -0.39 is 5.82 Å². The highest BCUT2D eigenvalue weighted by Gasteiger charge is 2.33. The number of hydrogen-bond acceptors (Lipinski definition) is 7. The monoisotopic (exact) mass is 518 g/mol. The van der Waals surface area contributed by atoms with E-state index in [1.807, 2.05) is 45.0 Å². The fourth-order valence-corrected chi connectivity index (χ4v) is 4.60. The van der Waals surface area contributed by atoms with Crippen LogP contribution in [0.25, 0.3) is 16.8 Å². The first kappa shape index (κ1) is 26.8. The van der Waals surface area contributed by atoms with E-state index in [0.717, 1.165) is 24.1 Å². The molecule has 0 radical (unpaired) electrons. The van der Waals surface area contributed by atoms with Crippen LogP contribution in [0.5, 0.6) is 5.75 Å². The summed E-state index contributed by atoms with van der Waals surface area (Å²) in [6.45, 7) is 8.03. The van der Waals surface area contributed by atoms with Gasteiger partial charge in [-0.1, -0.05) is 28.9 Å². The molecule has 8 nitrogen and oxygen atoms in total. The van der Waals surface area contributed by atoms with Crippen molar-refractivity contribution in [2.45, 2.75) is 46.6 Å². The van der Waals surface area contributed by atoms with Gasteiger partial charge in [-0.3, -0.25) is 9.59 Å². The van der Waals surface area contributed by atoms with E-state index in [2.05, 4.69) is 15.8 Å². The van der Waals surface area contributed by atoms with Crippen molar-refractivity contribution in [2.24, 2.45) is 5.18 Å². The molecule has 2 N–H and O–H groups in total. The van der Waals surface area contributed by atoms with Crippen LogP contribution in [-0.4, -0.2) is 24.1 Å². The largest absolute Gasteiger partial charge is 0.427 e. The maximum atomic E-state index is 14.8. The van der Waals surface area contributed by atoms with Gasteiger partial charge in [-0.15, -0.1) is 0 Å². The second-order valence-corrected chi connectivity index (χ2v) is 9.63. The fraction of sp³-hybridized carbons (Fsp3) is 0.310. The molecule has 1 fully saturated rings. The zero-order chi connectivity index (χ0) is 27.4. The van der Waals surface area contributed by atoms with Gasteiger partial charge in [0.1, 0.15) is 11.4 Å². The van der Waals surface area contributed by atoms with Crippen LogP contribution >= 0.6 is 0 Å². The molecule has 0 atom stereocenters. The Bertz CT molecular complexity index is 1470. The molecular weight excluding hydrogens is 487 g/mol. The molecule has 38 heavy (non-hydrogen) atoms. The summed E-state index contributed by atoms with van der Waals surface area (Å²) < 4.78 is 22.2. The summed E-state index contributed by atoms with van der Waals surface area (Å²) in [5.74, 6) is -0.359. The standard InChI is InChI=1S/C29H31FN4O4/c1-17(2)27(33-24-11-8-18(3)14-23(24)30)26-28(38-16-35)25(19(4)34(29(26)36)22-9-10-22)20-6-5-7-21(15-20)31-12-13-32-37/h5-8,11,14-16,22,31,33H,9-10,12-13H2,1-4H3. The van der Waals surface area contributed by atoms with Gasteiger partial charge >= 0.3 is 0 Å². The Morgan fingerprint density at radius 2 is 1.95 bits per heavy atom. The lowest BCUT2D eigenvalue weighted by atomic mass is 9.96.